The molecule has 0 saturated carbocycles. The van der Waals surface area contributed by atoms with Crippen molar-refractivity contribution in [3.05, 3.63) is 59.3 Å². The van der Waals surface area contributed by atoms with Gasteiger partial charge in [-0.25, -0.2) is 13.8 Å². The maximum absolute atomic E-state index is 13.8. The molecule has 20 heavy (non-hydrogen) atoms. The largest absolute Gasteiger partial charge is 0.481 e. The van der Waals surface area contributed by atoms with Crippen LogP contribution in [0.25, 0.3) is 0 Å². The van der Waals surface area contributed by atoms with Crippen LogP contribution in [0.5, 0.6) is 5.88 Å². The van der Waals surface area contributed by atoms with Crippen molar-refractivity contribution in [1.29, 1.82) is 0 Å². The molecule has 0 spiro atoms. The summed E-state index contributed by atoms with van der Waals surface area (Å²) in [4.78, 5) is 4.09. The van der Waals surface area contributed by atoms with Crippen molar-refractivity contribution in [2.75, 3.05) is 14.2 Å². The van der Waals surface area contributed by atoms with E-state index in [9.17, 15) is 8.78 Å². The van der Waals surface area contributed by atoms with Crippen molar-refractivity contribution in [1.82, 2.24) is 10.3 Å². The van der Waals surface area contributed by atoms with Crippen LogP contribution in [0.1, 0.15) is 17.2 Å². The lowest BCUT2D eigenvalue weighted by molar-refractivity contribution is 0.397. The van der Waals surface area contributed by atoms with Crippen molar-refractivity contribution in [2.24, 2.45) is 0 Å². The molecule has 1 unspecified atom stereocenters. The zero-order valence-corrected chi connectivity index (χ0v) is 11.4. The predicted molar refractivity (Wildman–Crippen MR) is 72.7 cm³/mol. The Morgan fingerprint density at radius 1 is 1.20 bits per heavy atom. The van der Waals surface area contributed by atoms with E-state index in [4.69, 9.17) is 4.74 Å². The summed E-state index contributed by atoms with van der Waals surface area (Å²) in [6.45, 7) is 0. The first-order valence-electron chi connectivity index (χ1n) is 6.25. The van der Waals surface area contributed by atoms with E-state index in [0.717, 1.165) is 5.56 Å². The van der Waals surface area contributed by atoms with Gasteiger partial charge >= 0.3 is 0 Å². The third-order valence-corrected chi connectivity index (χ3v) is 3.14. The number of likely N-dealkylation sites (N-methyl/N-ethyl adjacent to an activating group) is 1. The van der Waals surface area contributed by atoms with E-state index in [0.29, 0.717) is 12.3 Å². The molecule has 0 fully saturated rings. The van der Waals surface area contributed by atoms with Crippen molar-refractivity contribution in [3.63, 3.8) is 0 Å². The number of nitrogens with one attached hydrogen (secondary N) is 1. The number of rotatable bonds is 5. The molecule has 1 aromatic carbocycles. The molecule has 5 heteroatoms. The van der Waals surface area contributed by atoms with E-state index in [1.807, 2.05) is 6.07 Å². The van der Waals surface area contributed by atoms with Gasteiger partial charge < -0.3 is 10.1 Å². The highest BCUT2D eigenvalue weighted by Gasteiger charge is 2.19. The molecular weight excluding hydrogens is 262 g/mol. The maximum atomic E-state index is 13.8. The molecule has 1 aromatic heterocycles. The molecule has 0 radical (unpaired) electrons. The third-order valence-electron chi connectivity index (χ3n) is 3.14. The highest BCUT2D eigenvalue weighted by atomic mass is 19.1. The molecule has 106 valence electrons. The molecule has 0 aliphatic carbocycles. The third kappa shape index (κ3) is 3.11. The number of nitrogens with zero attached hydrogens (tertiary/aromatic N) is 1. The number of halogens is 2. The Balaban J connectivity index is 2.24. The maximum Gasteiger partial charge on any atom is 0.212 e. The highest BCUT2D eigenvalue weighted by Crippen LogP contribution is 2.24. The van der Waals surface area contributed by atoms with Crippen LogP contribution >= 0.6 is 0 Å². The Hall–Kier alpha value is -2.01. The lowest BCUT2D eigenvalue weighted by atomic mass is 9.99. The molecule has 0 saturated heterocycles. The minimum Gasteiger partial charge on any atom is -0.481 e. The first kappa shape index (κ1) is 14.4. The van der Waals surface area contributed by atoms with Crippen LogP contribution in [-0.2, 0) is 6.42 Å². The minimum atomic E-state index is -0.550. The topological polar surface area (TPSA) is 34.1 Å². The van der Waals surface area contributed by atoms with E-state index in [2.05, 4.69) is 10.3 Å². The number of benzene rings is 1. The van der Waals surface area contributed by atoms with Gasteiger partial charge in [-0.15, -0.1) is 0 Å². The van der Waals surface area contributed by atoms with Crippen LogP contribution in [0.2, 0.25) is 0 Å². The van der Waals surface area contributed by atoms with E-state index >= 15 is 0 Å². The lowest BCUT2D eigenvalue weighted by Crippen LogP contribution is -2.21. The van der Waals surface area contributed by atoms with Crippen molar-refractivity contribution >= 4 is 0 Å². The molecule has 0 bridgehead atoms. The summed E-state index contributed by atoms with van der Waals surface area (Å²) in [5.74, 6) is -0.594. The van der Waals surface area contributed by atoms with E-state index in [1.165, 1.54) is 25.3 Å². The number of pyridine rings is 1. The van der Waals surface area contributed by atoms with Crippen LogP contribution in [0.15, 0.2) is 36.5 Å². The summed E-state index contributed by atoms with van der Waals surface area (Å²) in [6, 6.07) is 6.97. The molecule has 1 atom stereocenters. The Morgan fingerprint density at radius 3 is 2.40 bits per heavy atom. The van der Waals surface area contributed by atoms with Crippen molar-refractivity contribution < 1.29 is 13.5 Å². The van der Waals surface area contributed by atoms with Gasteiger partial charge in [0.25, 0.3) is 0 Å². The molecule has 1 heterocycles. The number of methoxy groups -OCH3 is 1. The zero-order valence-electron chi connectivity index (χ0n) is 11.4. The first-order valence-corrected chi connectivity index (χ1v) is 6.25. The SMILES string of the molecule is CNC(Cc1ccc(OC)nc1)c1c(F)cccc1F. The number of hydrogen-bond donors (Lipinski definition) is 1. The van der Waals surface area contributed by atoms with Crippen LogP contribution in [-0.4, -0.2) is 19.1 Å². The molecule has 0 amide bonds. The molecule has 3 nitrogen and oxygen atoms in total. The fraction of sp³-hybridized carbons (Fsp3) is 0.267. The van der Waals surface area contributed by atoms with Gasteiger partial charge in [-0.3, -0.25) is 0 Å². The van der Waals surface area contributed by atoms with E-state index in [-0.39, 0.29) is 5.56 Å². The molecule has 1 N–H and O–H groups in total. The molecule has 0 aliphatic heterocycles. The second-order valence-corrected chi connectivity index (χ2v) is 4.39. The lowest BCUT2D eigenvalue weighted by Gasteiger charge is -2.18. The quantitative estimate of drug-likeness (QED) is 0.913. The fourth-order valence-corrected chi connectivity index (χ4v) is 2.08. The van der Waals surface area contributed by atoms with Gasteiger partial charge in [0, 0.05) is 23.9 Å². The normalized spacial score (nSPS) is 12.2. The van der Waals surface area contributed by atoms with Gasteiger partial charge in [0.05, 0.1) is 7.11 Å². The number of aromatic nitrogens is 1. The summed E-state index contributed by atoms with van der Waals surface area (Å²) in [6.07, 6.45) is 2.08. The van der Waals surface area contributed by atoms with Crippen LogP contribution < -0.4 is 10.1 Å². The van der Waals surface area contributed by atoms with Crippen LogP contribution in [0.3, 0.4) is 0 Å². The molecule has 2 aromatic rings. The van der Waals surface area contributed by atoms with Gasteiger partial charge in [0.15, 0.2) is 0 Å². The smallest absolute Gasteiger partial charge is 0.212 e. The Morgan fingerprint density at radius 2 is 1.90 bits per heavy atom. The van der Waals surface area contributed by atoms with Gasteiger partial charge in [0.2, 0.25) is 5.88 Å². The summed E-state index contributed by atoms with van der Waals surface area (Å²) in [7, 11) is 3.21. The van der Waals surface area contributed by atoms with Gasteiger partial charge in [0.1, 0.15) is 11.6 Å². The average molecular weight is 278 g/mol. The number of ether oxygens (including phenoxy) is 1. The summed E-state index contributed by atoms with van der Waals surface area (Å²) >= 11 is 0. The van der Waals surface area contributed by atoms with Gasteiger partial charge in [-0.1, -0.05) is 12.1 Å². The molecular formula is C15H16F2N2O. The molecule has 0 aliphatic rings. The first-order chi connectivity index (χ1) is 9.65. The monoisotopic (exact) mass is 278 g/mol. The minimum absolute atomic E-state index is 0.0471. The Bertz CT molecular complexity index is 552. The Labute approximate surface area is 116 Å². The van der Waals surface area contributed by atoms with Gasteiger partial charge in [-0.05, 0) is 31.2 Å². The Kier molecular flexibility index (Phi) is 4.63. The van der Waals surface area contributed by atoms with E-state index in [1.54, 1.807) is 19.3 Å². The number of hydrogen-bond acceptors (Lipinski definition) is 3. The fourth-order valence-electron chi connectivity index (χ4n) is 2.08. The second-order valence-electron chi connectivity index (χ2n) is 4.39. The van der Waals surface area contributed by atoms with Crippen LogP contribution in [0.4, 0.5) is 8.78 Å². The summed E-state index contributed by atoms with van der Waals surface area (Å²) in [5, 5.41) is 2.94. The second kappa shape index (κ2) is 6.43. The van der Waals surface area contributed by atoms with E-state index < -0.39 is 17.7 Å². The average Bonchev–Trinajstić information content (AvgIpc) is 2.46. The standard InChI is InChI=1S/C15H16F2N2O/c1-18-13(15-11(16)4-3-5-12(15)17)8-10-6-7-14(20-2)19-9-10/h3-7,9,13,18H,8H2,1-2H3. The zero-order chi connectivity index (χ0) is 14.5. The van der Waals surface area contributed by atoms with Crippen molar-refractivity contribution in [2.45, 2.75) is 12.5 Å². The van der Waals surface area contributed by atoms with Crippen molar-refractivity contribution in [3.8, 4) is 5.88 Å². The summed E-state index contributed by atoms with van der Waals surface area (Å²) in [5.41, 5.74) is 0.915. The summed E-state index contributed by atoms with van der Waals surface area (Å²) < 4.78 is 32.6. The predicted octanol–water partition coefficient (Wildman–Crippen LogP) is 2.87. The highest BCUT2D eigenvalue weighted by molar-refractivity contribution is 5.26. The molecule has 2 rings (SSSR count). The van der Waals surface area contributed by atoms with Crippen LogP contribution in [0, 0.1) is 11.6 Å². The van der Waals surface area contributed by atoms with Gasteiger partial charge in [-0.2, -0.15) is 0 Å².